The smallest absolute Gasteiger partial charge is 0.327 e. The second-order valence-electron chi connectivity index (χ2n) is 3.43. The van der Waals surface area contributed by atoms with Gasteiger partial charge < -0.3 is 20.2 Å². The molecule has 1 heterocycles. The third-order valence-corrected chi connectivity index (χ3v) is 2.16. The van der Waals surface area contributed by atoms with E-state index in [-0.39, 0.29) is 6.03 Å². The Morgan fingerprint density at radius 2 is 2.14 bits per heavy atom. The van der Waals surface area contributed by atoms with Crippen molar-refractivity contribution in [1.29, 1.82) is 0 Å². The molecular weight excluding hydrogens is 186 g/mol. The van der Waals surface area contributed by atoms with E-state index in [9.17, 15) is 9.59 Å². The molecule has 1 rings (SSSR count). The SMILES string of the molecule is CN(C)C(=O)N1CCNCC1C(=O)O. The van der Waals surface area contributed by atoms with Crippen molar-refractivity contribution < 1.29 is 14.7 Å². The summed E-state index contributed by atoms with van der Waals surface area (Å²) in [5.41, 5.74) is 0. The number of hydrogen-bond acceptors (Lipinski definition) is 3. The predicted octanol–water partition coefficient (Wildman–Crippen LogP) is -0.974. The highest BCUT2D eigenvalue weighted by Gasteiger charge is 2.32. The fourth-order valence-electron chi connectivity index (χ4n) is 1.41. The molecule has 1 unspecified atom stereocenters. The third kappa shape index (κ3) is 2.14. The molecule has 1 atom stereocenters. The maximum absolute atomic E-state index is 11.6. The van der Waals surface area contributed by atoms with E-state index in [0.29, 0.717) is 19.6 Å². The molecule has 80 valence electrons. The van der Waals surface area contributed by atoms with Gasteiger partial charge in [-0.15, -0.1) is 0 Å². The molecular formula is C8H15N3O3. The highest BCUT2D eigenvalue weighted by atomic mass is 16.4. The van der Waals surface area contributed by atoms with Gasteiger partial charge in [-0.1, -0.05) is 0 Å². The molecule has 0 aromatic heterocycles. The lowest BCUT2D eigenvalue weighted by Gasteiger charge is -2.35. The van der Waals surface area contributed by atoms with E-state index in [1.165, 1.54) is 9.80 Å². The first-order valence-corrected chi connectivity index (χ1v) is 4.45. The highest BCUT2D eigenvalue weighted by molar-refractivity contribution is 5.82. The van der Waals surface area contributed by atoms with Gasteiger partial charge in [-0.25, -0.2) is 9.59 Å². The molecule has 2 N–H and O–H groups in total. The number of nitrogens with one attached hydrogen (secondary N) is 1. The monoisotopic (exact) mass is 201 g/mol. The summed E-state index contributed by atoms with van der Waals surface area (Å²) in [5.74, 6) is -0.965. The maximum Gasteiger partial charge on any atom is 0.327 e. The Morgan fingerprint density at radius 3 is 2.64 bits per heavy atom. The van der Waals surface area contributed by atoms with Crippen molar-refractivity contribution in [3.63, 3.8) is 0 Å². The quantitative estimate of drug-likeness (QED) is 0.572. The van der Waals surface area contributed by atoms with Crippen molar-refractivity contribution in [2.75, 3.05) is 33.7 Å². The van der Waals surface area contributed by atoms with Gasteiger partial charge in [-0.3, -0.25) is 0 Å². The topological polar surface area (TPSA) is 72.9 Å². The Morgan fingerprint density at radius 1 is 1.50 bits per heavy atom. The van der Waals surface area contributed by atoms with Crippen molar-refractivity contribution in [1.82, 2.24) is 15.1 Å². The average molecular weight is 201 g/mol. The van der Waals surface area contributed by atoms with E-state index in [2.05, 4.69) is 5.32 Å². The number of aliphatic carboxylic acids is 1. The fourth-order valence-corrected chi connectivity index (χ4v) is 1.41. The lowest BCUT2D eigenvalue weighted by atomic mass is 10.2. The summed E-state index contributed by atoms with van der Waals surface area (Å²) in [6, 6.07) is -1.00. The standard InChI is InChI=1S/C8H15N3O3/c1-10(2)8(14)11-4-3-9-5-6(11)7(12)13/h6,9H,3-5H2,1-2H3,(H,12,13). The zero-order chi connectivity index (χ0) is 10.7. The first kappa shape index (κ1) is 10.8. The number of carboxylic acids is 1. The third-order valence-electron chi connectivity index (χ3n) is 2.16. The summed E-state index contributed by atoms with van der Waals surface area (Å²) in [6.45, 7) is 1.40. The Balaban J connectivity index is 2.72. The molecule has 14 heavy (non-hydrogen) atoms. The van der Waals surface area contributed by atoms with Gasteiger partial charge in [0.25, 0.3) is 0 Å². The number of carbonyl (C=O) groups is 2. The van der Waals surface area contributed by atoms with Crippen molar-refractivity contribution in [3.05, 3.63) is 0 Å². The highest BCUT2D eigenvalue weighted by Crippen LogP contribution is 2.06. The lowest BCUT2D eigenvalue weighted by molar-refractivity contribution is -0.142. The first-order valence-electron chi connectivity index (χ1n) is 4.45. The van der Waals surface area contributed by atoms with Crippen LogP contribution in [-0.4, -0.2) is 66.7 Å². The van der Waals surface area contributed by atoms with Gasteiger partial charge in [0.2, 0.25) is 0 Å². The van der Waals surface area contributed by atoms with Crippen LogP contribution in [0.3, 0.4) is 0 Å². The predicted molar refractivity (Wildman–Crippen MR) is 50.1 cm³/mol. The van der Waals surface area contributed by atoms with E-state index < -0.39 is 12.0 Å². The summed E-state index contributed by atoms with van der Waals surface area (Å²) in [7, 11) is 3.23. The van der Waals surface area contributed by atoms with E-state index in [1.54, 1.807) is 14.1 Å². The number of amides is 2. The average Bonchev–Trinajstić information content (AvgIpc) is 2.16. The molecule has 1 aliphatic heterocycles. The zero-order valence-corrected chi connectivity index (χ0v) is 8.36. The molecule has 0 aromatic carbocycles. The minimum Gasteiger partial charge on any atom is -0.480 e. The van der Waals surface area contributed by atoms with Crippen LogP contribution in [0.1, 0.15) is 0 Å². The van der Waals surface area contributed by atoms with E-state index in [0.717, 1.165) is 0 Å². The fraction of sp³-hybridized carbons (Fsp3) is 0.750. The van der Waals surface area contributed by atoms with Crippen LogP contribution in [0, 0.1) is 0 Å². The minimum atomic E-state index is -0.965. The Hall–Kier alpha value is -1.30. The largest absolute Gasteiger partial charge is 0.480 e. The second kappa shape index (κ2) is 4.28. The number of urea groups is 1. The van der Waals surface area contributed by atoms with Crippen LogP contribution in [0.5, 0.6) is 0 Å². The molecule has 2 amide bonds. The number of carboxylic acid groups (broad SMARTS) is 1. The number of nitrogens with zero attached hydrogens (tertiary/aromatic N) is 2. The molecule has 6 nitrogen and oxygen atoms in total. The van der Waals surface area contributed by atoms with Crippen LogP contribution in [0.4, 0.5) is 4.79 Å². The molecule has 1 aliphatic rings. The zero-order valence-electron chi connectivity index (χ0n) is 8.36. The van der Waals surface area contributed by atoms with Gasteiger partial charge in [0.1, 0.15) is 6.04 Å². The van der Waals surface area contributed by atoms with Crippen molar-refractivity contribution >= 4 is 12.0 Å². The van der Waals surface area contributed by atoms with Crippen molar-refractivity contribution in [3.8, 4) is 0 Å². The molecule has 6 heteroatoms. The summed E-state index contributed by atoms with van der Waals surface area (Å²) in [5, 5.41) is 11.8. The molecule has 0 aliphatic carbocycles. The normalized spacial score (nSPS) is 21.9. The van der Waals surface area contributed by atoms with Crippen LogP contribution >= 0.6 is 0 Å². The number of rotatable bonds is 1. The molecule has 0 spiro atoms. The molecule has 1 saturated heterocycles. The van der Waals surface area contributed by atoms with Gasteiger partial charge in [0.15, 0.2) is 0 Å². The van der Waals surface area contributed by atoms with Crippen LogP contribution < -0.4 is 5.32 Å². The number of carbonyl (C=O) groups excluding carboxylic acids is 1. The van der Waals surface area contributed by atoms with Crippen molar-refractivity contribution in [2.24, 2.45) is 0 Å². The summed E-state index contributed by atoms with van der Waals surface area (Å²) in [6.07, 6.45) is 0. The summed E-state index contributed by atoms with van der Waals surface area (Å²) >= 11 is 0. The number of piperazine rings is 1. The summed E-state index contributed by atoms with van der Waals surface area (Å²) in [4.78, 5) is 25.2. The van der Waals surface area contributed by atoms with E-state index in [1.807, 2.05) is 0 Å². The van der Waals surface area contributed by atoms with E-state index >= 15 is 0 Å². The molecule has 0 saturated carbocycles. The van der Waals surface area contributed by atoms with Crippen LogP contribution in [0.25, 0.3) is 0 Å². The van der Waals surface area contributed by atoms with Gasteiger partial charge in [0, 0.05) is 33.7 Å². The van der Waals surface area contributed by atoms with Gasteiger partial charge >= 0.3 is 12.0 Å². The van der Waals surface area contributed by atoms with Gasteiger partial charge in [-0.05, 0) is 0 Å². The van der Waals surface area contributed by atoms with E-state index in [4.69, 9.17) is 5.11 Å². The minimum absolute atomic E-state index is 0.251. The Labute approximate surface area is 82.5 Å². The first-order chi connectivity index (χ1) is 6.54. The van der Waals surface area contributed by atoms with Crippen LogP contribution in [-0.2, 0) is 4.79 Å². The molecule has 0 aromatic rings. The second-order valence-corrected chi connectivity index (χ2v) is 3.43. The molecule has 0 bridgehead atoms. The van der Waals surface area contributed by atoms with Gasteiger partial charge in [-0.2, -0.15) is 0 Å². The van der Waals surface area contributed by atoms with Crippen molar-refractivity contribution in [2.45, 2.75) is 6.04 Å². The van der Waals surface area contributed by atoms with Crippen LogP contribution in [0.15, 0.2) is 0 Å². The summed E-state index contributed by atoms with van der Waals surface area (Å²) < 4.78 is 0. The number of hydrogen-bond donors (Lipinski definition) is 2. The lowest BCUT2D eigenvalue weighted by Crippen LogP contribution is -2.59. The Bertz CT molecular complexity index is 242. The molecule has 1 fully saturated rings. The maximum atomic E-state index is 11.6. The van der Waals surface area contributed by atoms with Gasteiger partial charge in [0.05, 0.1) is 0 Å². The Kier molecular flexibility index (Phi) is 3.29. The van der Waals surface area contributed by atoms with Crippen LogP contribution in [0.2, 0.25) is 0 Å². The molecule has 0 radical (unpaired) electrons.